The van der Waals surface area contributed by atoms with Crippen molar-refractivity contribution in [1.29, 1.82) is 0 Å². The van der Waals surface area contributed by atoms with Gasteiger partial charge in [-0.15, -0.1) is 0 Å². The number of halogens is 2. The first kappa shape index (κ1) is 13.2. The molecular formula is C18H10ClFN2. The zero-order valence-electron chi connectivity index (χ0n) is 11.4. The lowest BCUT2D eigenvalue weighted by Gasteiger charge is -2.09. The molecule has 1 heterocycles. The summed E-state index contributed by atoms with van der Waals surface area (Å²) in [6.45, 7) is 0. The Bertz CT molecular complexity index is 1010. The quantitative estimate of drug-likeness (QED) is 0.355. The van der Waals surface area contributed by atoms with Crippen molar-refractivity contribution >= 4 is 33.3 Å². The lowest BCUT2D eigenvalue weighted by molar-refractivity contribution is 0.631. The van der Waals surface area contributed by atoms with Crippen molar-refractivity contribution in [2.45, 2.75) is 0 Å². The highest BCUT2D eigenvalue weighted by Gasteiger charge is 2.14. The van der Waals surface area contributed by atoms with E-state index < -0.39 is 0 Å². The minimum atomic E-state index is -0.327. The van der Waals surface area contributed by atoms with Gasteiger partial charge >= 0.3 is 0 Å². The molecule has 22 heavy (non-hydrogen) atoms. The molecule has 0 aliphatic rings. The first-order chi connectivity index (χ1) is 10.7. The van der Waals surface area contributed by atoms with Crippen LogP contribution < -0.4 is 0 Å². The van der Waals surface area contributed by atoms with Crippen LogP contribution in [0.25, 0.3) is 32.9 Å². The highest BCUT2D eigenvalue weighted by Crippen LogP contribution is 2.32. The van der Waals surface area contributed by atoms with E-state index >= 15 is 0 Å². The Kier molecular flexibility index (Phi) is 3.01. The smallest absolute Gasteiger partial charge is 0.217 e. The summed E-state index contributed by atoms with van der Waals surface area (Å²) < 4.78 is 14.1. The zero-order valence-corrected chi connectivity index (χ0v) is 12.2. The van der Waals surface area contributed by atoms with Gasteiger partial charge in [-0.3, -0.25) is 0 Å². The summed E-state index contributed by atoms with van der Waals surface area (Å²) in [5, 5.41) is 2.93. The summed E-state index contributed by atoms with van der Waals surface area (Å²) in [5.74, 6) is -0.327. The number of fused-ring (bicyclic) bond motifs is 3. The highest BCUT2D eigenvalue weighted by atomic mass is 35.5. The van der Waals surface area contributed by atoms with Gasteiger partial charge in [0.05, 0.1) is 11.2 Å². The van der Waals surface area contributed by atoms with Gasteiger partial charge in [0.1, 0.15) is 5.82 Å². The molecule has 0 aliphatic carbocycles. The van der Waals surface area contributed by atoms with Gasteiger partial charge in [-0.25, -0.2) is 14.4 Å². The van der Waals surface area contributed by atoms with Crippen molar-refractivity contribution in [3.8, 4) is 11.3 Å². The average Bonchev–Trinajstić information content (AvgIpc) is 2.54. The van der Waals surface area contributed by atoms with E-state index in [4.69, 9.17) is 11.6 Å². The maximum Gasteiger partial charge on any atom is 0.223 e. The summed E-state index contributed by atoms with van der Waals surface area (Å²) in [4.78, 5) is 8.61. The number of nitrogens with zero attached hydrogens (tertiary/aromatic N) is 2. The van der Waals surface area contributed by atoms with Gasteiger partial charge < -0.3 is 0 Å². The molecule has 0 radical (unpaired) electrons. The Labute approximate surface area is 131 Å². The Morgan fingerprint density at radius 3 is 2.41 bits per heavy atom. The fourth-order valence-corrected chi connectivity index (χ4v) is 2.86. The van der Waals surface area contributed by atoms with Gasteiger partial charge in [-0.1, -0.05) is 42.5 Å². The molecule has 0 saturated heterocycles. The van der Waals surface area contributed by atoms with Crippen LogP contribution in [0.1, 0.15) is 0 Å². The van der Waals surface area contributed by atoms with E-state index in [1.165, 1.54) is 6.07 Å². The summed E-state index contributed by atoms with van der Waals surface area (Å²) in [6, 6.07) is 18.3. The van der Waals surface area contributed by atoms with Gasteiger partial charge in [0.2, 0.25) is 5.28 Å². The molecule has 0 aliphatic heterocycles. The molecule has 106 valence electrons. The van der Waals surface area contributed by atoms with Crippen LogP contribution in [0.3, 0.4) is 0 Å². The van der Waals surface area contributed by atoms with Crippen molar-refractivity contribution in [3.63, 3.8) is 0 Å². The Hall–Kier alpha value is -2.52. The van der Waals surface area contributed by atoms with Crippen LogP contribution in [0.15, 0.2) is 60.7 Å². The largest absolute Gasteiger partial charge is 0.223 e. The maximum atomic E-state index is 14.1. The van der Waals surface area contributed by atoms with E-state index in [1.807, 2.05) is 36.4 Å². The summed E-state index contributed by atoms with van der Waals surface area (Å²) in [7, 11) is 0. The number of rotatable bonds is 1. The Morgan fingerprint density at radius 2 is 1.55 bits per heavy atom. The summed E-state index contributed by atoms with van der Waals surface area (Å²) >= 11 is 6.08. The van der Waals surface area contributed by atoms with Gasteiger partial charge in [-0.05, 0) is 35.2 Å². The van der Waals surface area contributed by atoms with Crippen LogP contribution in [0.2, 0.25) is 5.28 Å². The topological polar surface area (TPSA) is 25.8 Å². The van der Waals surface area contributed by atoms with Crippen molar-refractivity contribution < 1.29 is 4.39 Å². The fourth-order valence-electron chi connectivity index (χ4n) is 2.69. The van der Waals surface area contributed by atoms with Crippen LogP contribution in [-0.4, -0.2) is 9.97 Å². The van der Waals surface area contributed by atoms with Crippen LogP contribution in [0, 0.1) is 5.82 Å². The van der Waals surface area contributed by atoms with E-state index in [-0.39, 0.29) is 11.1 Å². The molecule has 4 rings (SSSR count). The summed E-state index contributed by atoms with van der Waals surface area (Å²) in [6.07, 6.45) is 0. The third kappa shape index (κ3) is 2.02. The second-order valence-corrected chi connectivity index (χ2v) is 5.34. The van der Waals surface area contributed by atoms with Crippen molar-refractivity contribution in [3.05, 3.63) is 71.8 Å². The van der Waals surface area contributed by atoms with Crippen molar-refractivity contribution in [2.24, 2.45) is 0 Å². The second kappa shape index (κ2) is 5.04. The van der Waals surface area contributed by atoms with E-state index in [0.717, 1.165) is 21.7 Å². The predicted octanol–water partition coefficient (Wildman–Crippen LogP) is 5.24. The molecule has 0 saturated carbocycles. The lowest BCUT2D eigenvalue weighted by Crippen LogP contribution is -1.94. The normalized spacial score (nSPS) is 11.2. The number of hydrogen-bond donors (Lipinski definition) is 0. The van der Waals surface area contributed by atoms with E-state index in [9.17, 15) is 4.39 Å². The maximum absolute atomic E-state index is 14.1. The molecule has 0 amide bonds. The molecular weight excluding hydrogens is 299 g/mol. The first-order valence-electron chi connectivity index (χ1n) is 6.84. The molecule has 0 atom stereocenters. The molecule has 0 unspecified atom stereocenters. The number of aromatic nitrogens is 2. The van der Waals surface area contributed by atoms with Crippen molar-refractivity contribution in [2.75, 3.05) is 0 Å². The molecule has 0 N–H and O–H groups in total. The molecule has 2 nitrogen and oxygen atoms in total. The molecule has 0 fully saturated rings. The zero-order chi connectivity index (χ0) is 15.1. The molecule has 0 bridgehead atoms. The van der Waals surface area contributed by atoms with E-state index in [1.54, 1.807) is 18.2 Å². The van der Waals surface area contributed by atoms with E-state index in [0.29, 0.717) is 11.3 Å². The first-order valence-corrected chi connectivity index (χ1v) is 7.22. The highest BCUT2D eigenvalue weighted by molar-refractivity contribution is 6.29. The minimum Gasteiger partial charge on any atom is -0.217 e. The fraction of sp³-hybridized carbons (Fsp3) is 0. The van der Waals surface area contributed by atoms with Gasteiger partial charge in [0.15, 0.2) is 0 Å². The van der Waals surface area contributed by atoms with Crippen molar-refractivity contribution in [1.82, 2.24) is 9.97 Å². The van der Waals surface area contributed by atoms with Gasteiger partial charge in [0, 0.05) is 16.3 Å². The van der Waals surface area contributed by atoms with Crippen LogP contribution in [-0.2, 0) is 0 Å². The lowest BCUT2D eigenvalue weighted by atomic mass is 10.0. The molecule has 4 heteroatoms. The van der Waals surface area contributed by atoms with Crippen LogP contribution >= 0.6 is 11.6 Å². The third-order valence-corrected chi connectivity index (χ3v) is 3.86. The van der Waals surface area contributed by atoms with Gasteiger partial charge in [0.25, 0.3) is 0 Å². The number of hydrogen-bond acceptors (Lipinski definition) is 2. The Balaban J connectivity index is 2.16. The molecule has 3 aromatic carbocycles. The molecule has 4 aromatic rings. The minimum absolute atomic E-state index is 0.113. The SMILES string of the molecule is Fc1ccccc1-c1nc(Cl)nc2c1ccc1ccccc12. The van der Waals surface area contributed by atoms with Gasteiger partial charge in [-0.2, -0.15) is 0 Å². The van der Waals surface area contributed by atoms with E-state index in [2.05, 4.69) is 9.97 Å². The number of benzene rings is 3. The molecule has 1 aromatic heterocycles. The van der Waals surface area contributed by atoms with Crippen LogP contribution in [0.5, 0.6) is 0 Å². The predicted molar refractivity (Wildman–Crippen MR) is 87.4 cm³/mol. The average molecular weight is 309 g/mol. The van der Waals surface area contributed by atoms with Crippen LogP contribution in [0.4, 0.5) is 4.39 Å². The molecule has 0 spiro atoms. The summed E-state index contributed by atoms with van der Waals surface area (Å²) in [5.41, 5.74) is 1.67. The second-order valence-electron chi connectivity index (χ2n) is 5.00. The Morgan fingerprint density at radius 1 is 0.773 bits per heavy atom. The monoisotopic (exact) mass is 308 g/mol. The third-order valence-electron chi connectivity index (χ3n) is 3.69. The standard InChI is InChI=1S/C18H10ClFN2/c19-18-21-16-12-6-2-1-5-11(12)9-10-14(16)17(22-18)13-7-3-4-8-15(13)20/h1-10H.